The third-order valence-corrected chi connectivity index (χ3v) is 3.16. The Kier molecular flexibility index (Phi) is 2.36. The summed E-state index contributed by atoms with van der Waals surface area (Å²) in [6.45, 7) is 0. The SMILES string of the molecule is Cn1[nH]c(=O)c2c(O)c3ccc(Cl)cc3nc2c1=O. The molecule has 0 aliphatic carbocycles. The highest BCUT2D eigenvalue weighted by atomic mass is 35.5. The number of nitrogens with zero attached hydrogens (tertiary/aromatic N) is 2. The minimum Gasteiger partial charge on any atom is -0.506 e. The molecule has 3 aromatic rings. The van der Waals surface area contributed by atoms with E-state index in [1.54, 1.807) is 12.1 Å². The molecule has 19 heavy (non-hydrogen) atoms. The molecule has 0 aliphatic heterocycles. The normalized spacial score (nSPS) is 11.3. The standard InChI is InChI=1S/C12H8ClN3O3/c1-16-12(19)9-8(11(18)15-16)10(17)6-3-2-5(13)4-7(6)14-9/h2-4H,1H3,(H,14,17)(H,15,18). The maximum Gasteiger partial charge on any atom is 0.291 e. The van der Waals surface area contributed by atoms with E-state index in [4.69, 9.17) is 11.6 Å². The van der Waals surface area contributed by atoms with Crippen molar-refractivity contribution in [3.05, 3.63) is 43.9 Å². The van der Waals surface area contributed by atoms with Gasteiger partial charge in [-0.3, -0.25) is 19.4 Å². The summed E-state index contributed by atoms with van der Waals surface area (Å²) in [5, 5.41) is 13.2. The van der Waals surface area contributed by atoms with Crippen molar-refractivity contribution in [2.24, 2.45) is 7.05 Å². The maximum atomic E-state index is 11.9. The van der Waals surface area contributed by atoms with Crippen LogP contribution in [0, 0.1) is 0 Å². The molecule has 1 aromatic carbocycles. The van der Waals surface area contributed by atoms with E-state index < -0.39 is 11.1 Å². The smallest absolute Gasteiger partial charge is 0.291 e. The maximum absolute atomic E-state index is 11.9. The Hall–Kier alpha value is -2.34. The molecule has 0 amide bonds. The van der Waals surface area contributed by atoms with Crippen molar-refractivity contribution in [1.82, 2.24) is 14.8 Å². The molecule has 2 aromatic heterocycles. The average molecular weight is 278 g/mol. The van der Waals surface area contributed by atoms with Gasteiger partial charge in [-0.25, -0.2) is 4.98 Å². The van der Waals surface area contributed by atoms with Gasteiger partial charge in [0.05, 0.1) is 5.52 Å². The first-order valence-corrected chi connectivity index (χ1v) is 5.78. The van der Waals surface area contributed by atoms with Crippen molar-refractivity contribution in [2.45, 2.75) is 0 Å². The van der Waals surface area contributed by atoms with E-state index in [0.29, 0.717) is 15.9 Å². The molecule has 0 unspecified atom stereocenters. The second kappa shape index (κ2) is 3.83. The number of benzene rings is 1. The van der Waals surface area contributed by atoms with Crippen molar-refractivity contribution in [3.8, 4) is 5.75 Å². The topological polar surface area (TPSA) is 88.0 Å². The number of nitrogens with one attached hydrogen (secondary N) is 1. The largest absolute Gasteiger partial charge is 0.506 e. The number of fused-ring (bicyclic) bond motifs is 2. The molecule has 0 spiro atoms. The first kappa shape index (κ1) is 11.7. The molecule has 6 nitrogen and oxygen atoms in total. The molecule has 0 radical (unpaired) electrons. The number of aromatic hydroxyl groups is 1. The molecule has 3 rings (SSSR count). The van der Waals surface area contributed by atoms with Gasteiger partial charge in [0, 0.05) is 17.5 Å². The number of H-pyrrole nitrogens is 1. The molecule has 2 heterocycles. The molecule has 0 bridgehead atoms. The zero-order chi connectivity index (χ0) is 13.7. The monoisotopic (exact) mass is 277 g/mol. The van der Waals surface area contributed by atoms with Gasteiger partial charge in [-0.2, -0.15) is 0 Å². The molecule has 7 heteroatoms. The fraction of sp³-hybridized carbons (Fsp3) is 0.0833. The number of halogens is 1. The van der Waals surface area contributed by atoms with Crippen molar-refractivity contribution >= 4 is 33.4 Å². The zero-order valence-electron chi connectivity index (χ0n) is 9.77. The molecule has 0 aliphatic rings. The highest BCUT2D eigenvalue weighted by Gasteiger charge is 2.15. The van der Waals surface area contributed by atoms with E-state index in [9.17, 15) is 14.7 Å². The second-order valence-electron chi connectivity index (χ2n) is 4.15. The summed E-state index contributed by atoms with van der Waals surface area (Å²) in [7, 11) is 1.41. The summed E-state index contributed by atoms with van der Waals surface area (Å²) in [5.74, 6) is -0.268. The number of rotatable bonds is 0. The molecule has 96 valence electrons. The fourth-order valence-corrected chi connectivity index (χ4v) is 2.17. The summed E-state index contributed by atoms with van der Waals surface area (Å²) in [6, 6.07) is 4.65. The van der Waals surface area contributed by atoms with Crippen molar-refractivity contribution in [2.75, 3.05) is 0 Å². The van der Waals surface area contributed by atoms with E-state index in [2.05, 4.69) is 10.1 Å². The van der Waals surface area contributed by atoms with Gasteiger partial charge >= 0.3 is 0 Å². The van der Waals surface area contributed by atoms with E-state index in [-0.39, 0.29) is 16.7 Å². The Morgan fingerprint density at radius 1 is 1.37 bits per heavy atom. The number of pyridine rings is 1. The van der Waals surface area contributed by atoms with E-state index >= 15 is 0 Å². The minimum absolute atomic E-state index is 0.0847. The molecular formula is C12H8ClN3O3. The minimum atomic E-state index is -0.570. The van der Waals surface area contributed by atoms with Crippen molar-refractivity contribution in [3.63, 3.8) is 0 Å². The molecule has 0 atom stereocenters. The fourth-order valence-electron chi connectivity index (χ4n) is 2.01. The Morgan fingerprint density at radius 2 is 2.11 bits per heavy atom. The van der Waals surface area contributed by atoms with Gasteiger partial charge in [0.2, 0.25) is 0 Å². The van der Waals surface area contributed by atoms with E-state index in [0.717, 1.165) is 4.68 Å². The van der Waals surface area contributed by atoms with Gasteiger partial charge < -0.3 is 5.11 Å². The van der Waals surface area contributed by atoms with Crippen LogP contribution in [0.25, 0.3) is 21.8 Å². The molecule has 0 fully saturated rings. The Bertz CT molecular complexity index is 943. The summed E-state index contributed by atoms with van der Waals surface area (Å²) in [5.41, 5.74) is -0.788. The highest BCUT2D eigenvalue weighted by molar-refractivity contribution is 6.31. The lowest BCUT2D eigenvalue weighted by Gasteiger charge is -2.06. The van der Waals surface area contributed by atoms with E-state index in [1.807, 2.05) is 0 Å². The van der Waals surface area contributed by atoms with Crippen LogP contribution in [-0.4, -0.2) is 19.9 Å². The predicted molar refractivity (Wildman–Crippen MR) is 71.8 cm³/mol. The summed E-state index contributed by atoms with van der Waals surface area (Å²) >= 11 is 5.85. The van der Waals surface area contributed by atoms with Crippen LogP contribution in [0.1, 0.15) is 0 Å². The van der Waals surface area contributed by atoms with Gasteiger partial charge in [0.15, 0.2) is 0 Å². The summed E-state index contributed by atoms with van der Waals surface area (Å²) in [4.78, 5) is 27.9. The number of aromatic amines is 1. The highest BCUT2D eigenvalue weighted by Crippen LogP contribution is 2.29. The van der Waals surface area contributed by atoms with Crippen molar-refractivity contribution < 1.29 is 5.11 Å². The number of hydrogen-bond acceptors (Lipinski definition) is 4. The molecular weight excluding hydrogens is 270 g/mol. The first-order chi connectivity index (χ1) is 8.99. The summed E-state index contributed by atoms with van der Waals surface area (Å²) in [6.07, 6.45) is 0. The lowest BCUT2D eigenvalue weighted by atomic mass is 10.1. The van der Waals surface area contributed by atoms with Crippen LogP contribution >= 0.6 is 11.6 Å². The van der Waals surface area contributed by atoms with Crippen LogP contribution in [0.4, 0.5) is 0 Å². The number of aryl methyl sites for hydroxylation is 1. The lowest BCUT2D eigenvalue weighted by Crippen LogP contribution is -2.28. The van der Waals surface area contributed by atoms with Gasteiger partial charge in [0.1, 0.15) is 16.7 Å². The first-order valence-electron chi connectivity index (χ1n) is 5.40. The summed E-state index contributed by atoms with van der Waals surface area (Å²) < 4.78 is 1.02. The number of hydrogen-bond donors (Lipinski definition) is 2. The van der Waals surface area contributed by atoms with Gasteiger partial charge in [-0.1, -0.05) is 11.6 Å². The third kappa shape index (κ3) is 1.61. The number of aromatic nitrogens is 3. The van der Waals surface area contributed by atoms with Crippen LogP contribution in [-0.2, 0) is 7.05 Å². The second-order valence-corrected chi connectivity index (χ2v) is 4.59. The molecule has 0 saturated carbocycles. The van der Waals surface area contributed by atoms with Crippen molar-refractivity contribution in [1.29, 1.82) is 0 Å². The Balaban J connectivity index is 2.69. The van der Waals surface area contributed by atoms with E-state index in [1.165, 1.54) is 13.1 Å². The Morgan fingerprint density at radius 3 is 2.84 bits per heavy atom. The van der Waals surface area contributed by atoms with Crippen LogP contribution in [0.3, 0.4) is 0 Å². The quantitative estimate of drug-likeness (QED) is 0.603. The van der Waals surface area contributed by atoms with Crippen LogP contribution in [0.5, 0.6) is 5.75 Å². The lowest BCUT2D eigenvalue weighted by molar-refractivity contribution is 0.486. The predicted octanol–water partition coefficient (Wildman–Crippen LogP) is 1.13. The molecule has 2 N–H and O–H groups in total. The Labute approximate surface area is 110 Å². The van der Waals surface area contributed by atoms with Gasteiger partial charge in [-0.15, -0.1) is 0 Å². The van der Waals surface area contributed by atoms with Crippen LogP contribution in [0.2, 0.25) is 5.02 Å². The molecule has 0 saturated heterocycles. The van der Waals surface area contributed by atoms with Gasteiger partial charge in [-0.05, 0) is 18.2 Å². The van der Waals surface area contributed by atoms with Crippen LogP contribution in [0.15, 0.2) is 27.8 Å². The van der Waals surface area contributed by atoms with Crippen LogP contribution < -0.4 is 11.1 Å². The van der Waals surface area contributed by atoms with Gasteiger partial charge in [0.25, 0.3) is 11.1 Å². The zero-order valence-corrected chi connectivity index (χ0v) is 10.5. The third-order valence-electron chi connectivity index (χ3n) is 2.92. The average Bonchev–Trinajstić information content (AvgIpc) is 2.35.